The second-order valence-electron chi connectivity index (χ2n) is 3.39. The van der Waals surface area contributed by atoms with Crippen LogP contribution in [0.25, 0.3) is 0 Å². The second kappa shape index (κ2) is 6.58. The van der Waals surface area contributed by atoms with Crippen LogP contribution in [-0.4, -0.2) is 42.5 Å². The van der Waals surface area contributed by atoms with E-state index in [1.165, 1.54) is 7.11 Å². The minimum Gasteiger partial charge on any atom is -0.497 e. The number of aliphatic hydroxyl groups is 2. The molecule has 17 heavy (non-hydrogen) atoms. The number of hydrogen-bond acceptors (Lipinski definition) is 4. The first-order valence-corrected chi connectivity index (χ1v) is 5.78. The monoisotopic (exact) mass is 303 g/mol. The zero-order valence-corrected chi connectivity index (χ0v) is 10.9. The van der Waals surface area contributed by atoms with E-state index >= 15 is 0 Å². The molecule has 3 N–H and O–H groups in total. The Kier molecular flexibility index (Phi) is 5.40. The Balaban J connectivity index is 2.74. The summed E-state index contributed by atoms with van der Waals surface area (Å²) in [6, 6.07) is 5.02. The van der Waals surface area contributed by atoms with E-state index in [0.717, 1.165) is 0 Å². The second-order valence-corrected chi connectivity index (χ2v) is 4.25. The van der Waals surface area contributed by atoms with E-state index in [9.17, 15) is 4.79 Å². The lowest BCUT2D eigenvalue weighted by Crippen LogP contribution is -2.34. The van der Waals surface area contributed by atoms with Gasteiger partial charge in [-0.1, -0.05) is 0 Å². The number of nitrogens with one attached hydrogen (secondary N) is 1. The molecular weight excluding hydrogens is 290 g/mol. The summed E-state index contributed by atoms with van der Waals surface area (Å²) in [7, 11) is 1.51. The summed E-state index contributed by atoms with van der Waals surface area (Å²) in [4.78, 5) is 11.8. The molecule has 0 saturated carbocycles. The smallest absolute Gasteiger partial charge is 0.252 e. The third kappa shape index (κ3) is 3.99. The van der Waals surface area contributed by atoms with Gasteiger partial charge in [0.1, 0.15) is 5.75 Å². The average Bonchev–Trinajstić information content (AvgIpc) is 2.36. The molecule has 0 aliphatic heterocycles. The number of halogens is 1. The summed E-state index contributed by atoms with van der Waals surface area (Å²) in [5, 5.41) is 20.3. The van der Waals surface area contributed by atoms with Crippen molar-refractivity contribution in [2.75, 3.05) is 20.3 Å². The zero-order valence-electron chi connectivity index (χ0n) is 9.31. The van der Waals surface area contributed by atoms with Crippen molar-refractivity contribution in [3.8, 4) is 5.75 Å². The molecule has 1 aromatic rings. The maximum absolute atomic E-state index is 11.8. The number of carbonyl (C=O) groups excluding carboxylic acids is 1. The molecule has 5 nitrogen and oxygen atoms in total. The van der Waals surface area contributed by atoms with Crippen LogP contribution in [0.5, 0.6) is 5.75 Å². The molecule has 0 heterocycles. The van der Waals surface area contributed by atoms with Crippen LogP contribution in [0, 0.1) is 0 Å². The van der Waals surface area contributed by atoms with E-state index < -0.39 is 6.10 Å². The Morgan fingerprint density at radius 2 is 2.29 bits per heavy atom. The van der Waals surface area contributed by atoms with Crippen LogP contribution in [0.3, 0.4) is 0 Å². The van der Waals surface area contributed by atoms with Crippen LogP contribution in [0.4, 0.5) is 0 Å². The molecule has 0 saturated heterocycles. The van der Waals surface area contributed by atoms with Crippen molar-refractivity contribution in [1.29, 1.82) is 0 Å². The van der Waals surface area contributed by atoms with Gasteiger partial charge in [-0.25, -0.2) is 0 Å². The Labute approximate surface area is 108 Å². The first kappa shape index (κ1) is 14.0. The molecule has 0 fully saturated rings. The maximum atomic E-state index is 11.8. The van der Waals surface area contributed by atoms with Gasteiger partial charge in [0, 0.05) is 11.0 Å². The number of amides is 1. The summed E-state index contributed by atoms with van der Waals surface area (Å²) in [5.74, 6) is 0.226. The minimum absolute atomic E-state index is 0.00101. The van der Waals surface area contributed by atoms with Gasteiger partial charge in [-0.3, -0.25) is 4.79 Å². The van der Waals surface area contributed by atoms with E-state index in [0.29, 0.717) is 15.8 Å². The van der Waals surface area contributed by atoms with Crippen molar-refractivity contribution < 1.29 is 19.7 Å². The molecule has 0 aromatic heterocycles. The molecule has 0 bridgehead atoms. The Morgan fingerprint density at radius 3 is 2.88 bits per heavy atom. The van der Waals surface area contributed by atoms with Crippen LogP contribution in [0.15, 0.2) is 22.7 Å². The van der Waals surface area contributed by atoms with Crippen molar-refractivity contribution in [3.63, 3.8) is 0 Å². The molecule has 0 radical (unpaired) electrons. The summed E-state index contributed by atoms with van der Waals surface area (Å²) >= 11 is 3.26. The van der Waals surface area contributed by atoms with Crippen LogP contribution in [-0.2, 0) is 0 Å². The van der Waals surface area contributed by atoms with Crippen molar-refractivity contribution in [3.05, 3.63) is 28.2 Å². The lowest BCUT2D eigenvalue weighted by atomic mass is 10.2. The number of benzene rings is 1. The fourth-order valence-electron chi connectivity index (χ4n) is 1.18. The molecule has 0 aliphatic carbocycles. The molecule has 1 unspecified atom stereocenters. The predicted octanol–water partition coefficient (Wildman–Crippen LogP) is 0.541. The molecule has 1 aromatic carbocycles. The van der Waals surface area contributed by atoms with Gasteiger partial charge in [-0.15, -0.1) is 0 Å². The quantitative estimate of drug-likeness (QED) is 0.742. The van der Waals surface area contributed by atoms with Crippen LogP contribution < -0.4 is 10.1 Å². The fourth-order valence-corrected chi connectivity index (χ4v) is 1.60. The standard InChI is InChI=1S/C11H14BrNO4/c1-17-8-2-3-10(12)9(4-8)11(16)13-5-7(15)6-14/h2-4,7,14-15H,5-6H2,1H3,(H,13,16). The molecule has 1 rings (SSSR count). The van der Waals surface area contributed by atoms with E-state index in [1.54, 1.807) is 18.2 Å². The zero-order chi connectivity index (χ0) is 12.8. The highest BCUT2D eigenvalue weighted by Gasteiger charge is 2.12. The molecule has 0 aliphatic rings. The summed E-state index contributed by atoms with van der Waals surface area (Å²) < 4.78 is 5.65. The SMILES string of the molecule is COc1ccc(Br)c(C(=O)NCC(O)CO)c1. The van der Waals surface area contributed by atoms with Gasteiger partial charge in [0.15, 0.2) is 0 Å². The highest BCUT2D eigenvalue weighted by molar-refractivity contribution is 9.10. The third-order valence-electron chi connectivity index (χ3n) is 2.13. The number of ether oxygens (including phenoxy) is 1. The molecule has 1 atom stereocenters. The summed E-state index contributed by atoms with van der Waals surface area (Å²) in [6.07, 6.45) is -0.955. The van der Waals surface area contributed by atoms with Gasteiger partial charge >= 0.3 is 0 Å². The van der Waals surface area contributed by atoms with Crippen molar-refractivity contribution in [2.24, 2.45) is 0 Å². The third-order valence-corrected chi connectivity index (χ3v) is 2.82. The van der Waals surface area contributed by atoms with Gasteiger partial charge in [0.05, 0.1) is 25.4 Å². The summed E-state index contributed by atoms with van der Waals surface area (Å²) in [6.45, 7) is -0.390. The van der Waals surface area contributed by atoms with E-state index in [1.807, 2.05) is 0 Å². The number of carbonyl (C=O) groups is 1. The predicted molar refractivity (Wildman–Crippen MR) is 66.1 cm³/mol. The largest absolute Gasteiger partial charge is 0.497 e. The van der Waals surface area contributed by atoms with Gasteiger partial charge < -0.3 is 20.3 Å². The molecule has 0 spiro atoms. The Morgan fingerprint density at radius 1 is 1.59 bits per heavy atom. The molecule has 6 heteroatoms. The van der Waals surface area contributed by atoms with Gasteiger partial charge in [0.2, 0.25) is 0 Å². The highest BCUT2D eigenvalue weighted by Crippen LogP contribution is 2.22. The van der Waals surface area contributed by atoms with Gasteiger partial charge in [-0.05, 0) is 34.1 Å². The van der Waals surface area contributed by atoms with E-state index in [4.69, 9.17) is 14.9 Å². The van der Waals surface area contributed by atoms with Gasteiger partial charge in [-0.2, -0.15) is 0 Å². The Hall–Kier alpha value is -1.11. The Bertz CT molecular complexity index is 397. The average molecular weight is 304 g/mol. The van der Waals surface area contributed by atoms with E-state index in [-0.39, 0.29) is 19.1 Å². The molecular formula is C11H14BrNO4. The number of hydrogen-bond donors (Lipinski definition) is 3. The number of aliphatic hydroxyl groups excluding tert-OH is 2. The van der Waals surface area contributed by atoms with Crippen molar-refractivity contribution in [1.82, 2.24) is 5.32 Å². The van der Waals surface area contributed by atoms with Crippen LogP contribution >= 0.6 is 15.9 Å². The minimum atomic E-state index is -0.955. The normalized spacial score (nSPS) is 12.0. The topological polar surface area (TPSA) is 78.8 Å². The lowest BCUT2D eigenvalue weighted by molar-refractivity contribution is 0.0801. The first-order valence-electron chi connectivity index (χ1n) is 4.99. The van der Waals surface area contributed by atoms with E-state index in [2.05, 4.69) is 21.2 Å². The van der Waals surface area contributed by atoms with Crippen LogP contribution in [0.2, 0.25) is 0 Å². The lowest BCUT2D eigenvalue weighted by Gasteiger charge is -2.10. The first-order chi connectivity index (χ1) is 8.08. The van der Waals surface area contributed by atoms with Gasteiger partial charge in [0.25, 0.3) is 5.91 Å². The molecule has 94 valence electrons. The van der Waals surface area contributed by atoms with Crippen molar-refractivity contribution in [2.45, 2.75) is 6.10 Å². The summed E-state index contributed by atoms with van der Waals surface area (Å²) in [5.41, 5.74) is 0.412. The maximum Gasteiger partial charge on any atom is 0.252 e. The number of methoxy groups -OCH3 is 1. The van der Waals surface area contributed by atoms with Crippen molar-refractivity contribution >= 4 is 21.8 Å². The molecule has 1 amide bonds. The van der Waals surface area contributed by atoms with Crippen LogP contribution in [0.1, 0.15) is 10.4 Å². The highest BCUT2D eigenvalue weighted by atomic mass is 79.9. The number of rotatable bonds is 5. The fraction of sp³-hybridized carbons (Fsp3) is 0.364.